The summed E-state index contributed by atoms with van der Waals surface area (Å²) in [4.78, 5) is 0. The second-order valence-corrected chi connectivity index (χ2v) is 6.32. The van der Waals surface area contributed by atoms with Crippen molar-refractivity contribution in [3.8, 4) is 0 Å². The zero-order valence-corrected chi connectivity index (χ0v) is 11.4. The monoisotopic (exact) mass is 270 g/mol. The van der Waals surface area contributed by atoms with Crippen LogP contribution in [-0.2, 0) is 0 Å². The van der Waals surface area contributed by atoms with Crippen LogP contribution in [-0.4, -0.2) is 5.11 Å². The lowest BCUT2D eigenvalue weighted by Gasteiger charge is -2.14. The first-order valence-corrected chi connectivity index (χ1v) is 7.62. The molecule has 0 spiro atoms. The van der Waals surface area contributed by atoms with Gasteiger partial charge in [-0.25, -0.2) is 4.39 Å². The summed E-state index contributed by atoms with van der Waals surface area (Å²) in [5.41, 5.74) is 0.904. The first-order valence-electron chi connectivity index (χ1n) is 7.62. The highest BCUT2D eigenvalue weighted by atomic mass is 19.1. The molecule has 2 fully saturated rings. The normalized spacial score (nSPS) is 30.0. The summed E-state index contributed by atoms with van der Waals surface area (Å²) in [5.74, 6) is 1.58. The molecule has 20 heavy (non-hydrogen) atoms. The van der Waals surface area contributed by atoms with Gasteiger partial charge in [0, 0.05) is 5.39 Å². The molecular formula is C18H19FO. The Labute approximate surface area is 118 Å². The number of aliphatic hydroxyl groups is 1. The average Bonchev–Trinajstić information content (AvgIpc) is 3.22. The molecule has 1 nitrogen and oxygen atoms in total. The minimum Gasteiger partial charge on any atom is -0.388 e. The van der Waals surface area contributed by atoms with E-state index in [1.165, 1.54) is 31.7 Å². The molecular weight excluding hydrogens is 251 g/mol. The maximum atomic E-state index is 13.9. The van der Waals surface area contributed by atoms with Gasteiger partial charge in [-0.2, -0.15) is 0 Å². The van der Waals surface area contributed by atoms with Gasteiger partial charge in [-0.05, 0) is 47.6 Å². The Balaban J connectivity index is 1.73. The van der Waals surface area contributed by atoms with Gasteiger partial charge in [0.05, 0.1) is 6.10 Å². The molecule has 2 aliphatic carbocycles. The number of rotatable bonds is 2. The Hall–Kier alpha value is -1.41. The molecule has 2 aromatic carbocycles. The van der Waals surface area contributed by atoms with Crippen LogP contribution in [0.25, 0.3) is 10.8 Å². The summed E-state index contributed by atoms with van der Waals surface area (Å²) in [6.07, 6.45) is 4.67. The number of fused-ring (bicyclic) bond motifs is 2. The topological polar surface area (TPSA) is 20.2 Å². The second kappa shape index (κ2) is 4.56. The van der Waals surface area contributed by atoms with Gasteiger partial charge in [0.2, 0.25) is 0 Å². The summed E-state index contributed by atoms with van der Waals surface area (Å²) in [5, 5.41) is 12.2. The summed E-state index contributed by atoms with van der Waals surface area (Å²) < 4.78 is 13.9. The molecule has 3 atom stereocenters. The van der Waals surface area contributed by atoms with Crippen molar-refractivity contribution in [2.45, 2.75) is 31.8 Å². The van der Waals surface area contributed by atoms with Crippen LogP contribution in [0.3, 0.4) is 0 Å². The molecule has 0 amide bonds. The van der Waals surface area contributed by atoms with E-state index in [9.17, 15) is 9.50 Å². The summed E-state index contributed by atoms with van der Waals surface area (Å²) in [7, 11) is 0. The highest BCUT2D eigenvalue weighted by Gasteiger charge is 2.54. The Morgan fingerprint density at radius 2 is 1.60 bits per heavy atom. The van der Waals surface area contributed by atoms with E-state index in [0.717, 1.165) is 10.9 Å². The molecule has 0 bridgehead atoms. The lowest BCUT2D eigenvalue weighted by molar-refractivity contribution is 0.143. The van der Waals surface area contributed by atoms with Crippen molar-refractivity contribution < 1.29 is 9.50 Å². The number of aliphatic hydroxyl groups excluding tert-OH is 1. The third-order valence-electron chi connectivity index (χ3n) is 5.31. The van der Waals surface area contributed by atoms with Crippen LogP contribution in [0.15, 0.2) is 36.4 Å². The van der Waals surface area contributed by atoms with Crippen molar-refractivity contribution in [3.63, 3.8) is 0 Å². The summed E-state index contributed by atoms with van der Waals surface area (Å²) in [6.45, 7) is 0. The number of hydrogen-bond acceptors (Lipinski definition) is 1. The highest BCUT2D eigenvalue weighted by molar-refractivity contribution is 5.86. The fraction of sp³-hybridized carbons (Fsp3) is 0.444. The van der Waals surface area contributed by atoms with E-state index in [0.29, 0.717) is 23.1 Å². The van der Waals surface area contributed by atoms with E-state index in [1.807, 2.05) is 18.2 Å². The fourth-order valence-corrected chi connectivity index (χ4v) is 4.27. The minimum atomic E-state index is -0.436. The standard InChI is InChI=1S/C18H19FO/c19-16-10-9-15(11-5-1-2-6-12(11)16)18(20)17-13-7-3-4-8-14(13)17/h1-2,5-6,9-10,13-14,17-18,20H,3-4,7-8H2. The Morgan fingerprint density at radius 1 is 0.950 bits per heavy atom. The number of halogens is 1. The average molecular weight is 270 g/mol. The zero-order chi connectivity index (χ0) is 13.7. The molecule has 0 aliphatic heterocycles. The molecule has 0 aromatic heterocycles. The largest absolute Gasteiger partial charge is 0.388 e. The van der Waals surface area contributed by atoms with Crippen molar-refractivity contribution in [2.24, 2.45) is 17.8 Å². The van der Waals surface area contributed by atoms with Crippen LogP contribution < -0.4 is 0 Å². The van der Waals surface area contributed by atoms with Crippen LogP contribution in [0.4, 0.5) is 4.39 Å². The molecule has 2 saturated carbocycles. The quantitative estimate of drug-likeness (QED) is 0.855. The van der Waals surface area contributed by atoms with Crippen molar-refractivity contribution in [1.29, 1.82) is 0 Å². The van der Waals surface area contributed by atoms with E-state index in [4.69, 9.17) is 0 Å². The van der Waals surface area contributed by atoms with E-state index in [2.05, 4.69) is 0 Å². The maximum Gasteiger partial charge on any atom is 0.131 e. The van der Waals surface area contributed by atoms with Crippen molar-refractivity contribution in [2.75, 3.05) is 0 Å². The zero-order valence-electron chi connectivity index (χ0n) is 11.4. The van der Waals surface area contributed by atoms with Gasteiger partial charge in [0.25, 0.3) is 0 Å². The van der Waals surface area contributed by atoms with Gasteiger partial charge in [-0.1, -0.05) is 43.2 Å². The lowest BCUT2D eigenvalue weighted by Crippen LogP contribution is -2.03. The van der Waals surface area contributed by atoms with E-state index >= 15 is 0 Å². The van der Waals surface area contributed by atoms with Crippen LogP contribution in [0.2, 0.25) is 0 Å². The second-order valence-electron chi connectivity index (χ2n) is 6.32. The van der Waals surface area contributed by atoms with Gasteiger partial charge in [-0.3, -0.25) is 0 Å². The van der Waals surface area contributed by atoms with Gasteiger partial charge in [0.1, 0.15) is 5.82 Å². The Morgan fingerprint density at radius 3 is 2.30 bits per heavy atom. The van der Waals surface area contributed by atoms with E-state index < -0.39 is 6.10 Å². The smallest absolute Gasteiger partial charge is 0.131 e. The maximum absolute atomic E-state index is 13.9. The summed E-state index contributed by atoms with van der Waals surface area (Å²) >= 11 is 0. The van der Waals surface area contributed by atoms with Gasteiger partial charge in [0.15, 0.2) is 0 Å². The van der Waals surface area contributed by atoms with Crippen molar-refractivity contribution >= 4 is 10.8 Å². The molecule has 2 aromatic rings. The predicted molar refractivity (Wildman–Crippen MR) is 77.8 cm³/mol. The van der Waals surface area contributed by atoms with Crippen molar-refractivity contribution in [3.05, 3.63) is 47.8 Å². The first-order chi connectivity index (χ1) is 9.77. The molecule has 2 aliphatic rings. The third kappa shape index (κ3) is 1.78. The number of benzene rings is 2. The first kappa shape index (κ1) is 12.3. The molecule has 4 rings (SSSR count). The molecule has 0 heterocycles. The minimum absolute atomic E-state index is 0.204. The fourth-order valence-electron chi connectivity index (χ4n) is 4.27. The van der Waals surface area contributed by atoms with Crippen molar-refractivity contribution in [1.82, 2.24) is 0 Å². The molecule has 2 heteroatoms. The van der Waals surface area contributed by atoms with Gasteiger partial charge >= 0.3 is 0 Å². The molecule has 104 valence electrons. The van der Waals surface area contributed by atoms with E-state index in [-0.39, 0.29) is 5.82 Å². The van der Waals surface area contributed by atoms with Crippen LogP contribution in [0, 0.1) is 23.6 Å². The molecule has 0 saturated heterocycles. The third-order valence-corrected chi connectivity index (χ3v) is 5.31. The van der Waals surface area contributed by atoms with E-state index in [1.54, 1.807) is 12.1 Å². The number of hydrogen-bond donors (Lipinski definition) is 1. The van der Waals surface area contributed by atoms with Gasteiger partial charge in [-0.15, -0.1) is 0 Å². The van der Waals surface area contributed by atoms with Gasteiger partial charge < -0.3 is 5.11 Å². The van der Waals surface area contributed by atoms with Crippen LogP contribution >= 0.6 is 0 Å². The molecule has 1 N–H and O–H groups in total. The lowest BCUT2D eigenvalue weighted by atomic mass is 9.96. The predicted octanol–water partition coefficient (Wildman–Crippen LogP) is 4.45. The van der Waals surface area contributed by atoms with Crippen LogP contribution in [0.5, 0.6) is 0 Å². The van der Waals surface area contributed by atoms with Crippen LogP contribution in [0.1, 0.15) is 37.4 Å². The Kier molecular flexibility index (Phi) is 2.81. The summed E-state index contributed by atoms with van der Waals surface area (Å²) in [6, 6.07) is 10.7. The SMILES string of the molecule is OC(c1ccc(F)c2ccccc12)C1C2CCCCC21. The highest BCUT2D eigenvalue weighted by Crippen LogP contribution is 2.60. The molecule has 0 radical (unpaired) electrons. The molecule has 3 unspecified atom stereocenters. The Bertz CT molecular complexity index is 639.